The monoisotopic (exact) mass is 357 g/mol. The highest BCUT2D eigenvalue weighted by molar-refractivity contribution is 6.21. The van der Waals surface area contributed by atoms with Crippen molar-refractivity contribution in [1.29, 1.82) is 0 Å². The average molecular weight is 357 g/mol. The van der Waals surface area contributed by atoms with Crippen LogP contribution in [0.3, 0.4) is 0 Å². The van der Waals surface area contributed by atoms with Crippen LogP contribution in [-0.4, -0.2) is 40.7 Å². The number of hydrogen-bond donors (Lipinski definition) is 2. The third-order valence-electron chi connectivity index (χ3n) is 3.92. The highest BCUT2D eigenvalue weighted by Crippen LogP contribution is 2.31. The van der Waals surface area contributed by atoms with Gasteiger partial charge < -0.3 is 15.1 Å². The largest absolute Gasteiger partial charge is 0.494 e. The second kappa shape index (κ2) is 6.59. The number of nitrogens with one attached hydrogen (secondary N) is 1. The number of carbonyl (C=O) groups is 1. The molecule has 0 amide bonds. The number of ketones is 1. The number of Topliss-reactive ketones (excluding diaryl/α,β-unsaturated/α-hetero) is 1. The molecule has 134 valence electrons. The summed E-state index contributed by atoms with van der Waals surface area (Å²) in [6.07, 6.45) is 0. The Labute approximate surface area is 148 Å². The van der Waals surface area contributed by atoms with Crippen LogP contribution in [0.2, 0.25) is 0 Å². The lowest BCUT2D eigenvalue weighted by atomic mass is 9.99. The van der Waals surface area contributed by atoms with Gasteiger partial charge in [-0.25, -0.2) is 8.78 Å². The lowest BCUT2D eigenvalue weighted by Crippen LogP contribution is -2.12. The van der Waals surface area contributed by atoms with E-state index >= 15 is 0 Å². The first-order valence-corrected chi connectivity index (χ1v) is 7.85. The molecule has 0 aliphatic heterocycles. The fourth-order valence-electron chi connectivity index (χ4n) is 2.73. The summed E-state index contributed by atoms with van der Waals surface area (Å²) in [5.74, 6) is -2.29. The summed E-state index contributed by atoms with van der Waals surface area (Å²) in [4.78, 5) is 14.5. The van der Waals surface area contributed by atoms with Gasteiger partial charge in [0.2, 0.25) is 0 Å². The van der Waals surface area contributed by atoms with Crippen molar-refractivity contribution in [2.75, 3.05) is 14.1 Å². The molecule has 0 aliphatic carbocycles. The van der Waals surface area contributed by atoms with Crippen molar-refractivity contribution in [3.8, 4) is 5.88 Å². The van der Waals surface area contributed by atoms with E-state index in [4.69, 9.17) is 0 Å². The Morgan fingerprint density at radius 3 is 2.38 bits per heavy atom. The van der Waals surface area contributed by atoms with E-state index in [0.29, 0.717) is 27.6 Å². The summed E-state index contributed by atoms with van der Waals surface area (Å²) in [5.41, 5.74) is 1.91. The zero-order chi connectivity index (χ0) is 19.0. The molecule has 5 nitrogen and oxygen atoms in total. The molecule has 2 aromatic carbocycles. The summed E-state index contributed by atoms with van der Waals surface area (Å²) in [6, 6.07) is 8.36. The van der Waals surface area contributed by atoms with Gasteiger partial charge in [0.15, 0.2) is 23.3 Å². The van der Waals surface area contributed by atoms with Crippen LogP contribution in [-0.2, 0) is 0 Å². The molecule has 0 atom stereocenters. The standard InChI is InChI=1S/C19H17F2N3O2/c1-10(25)11-5-7-16-13(8-11)17(19(26)22-16)18(23-24(2)3)12-4-6-14(20)15(21)9-12/h4-9,22,26H,1-3H3/b23-18+. The van der Waals surface area contributed by atoms with E-state index in [1.165, 1.54) is 18.0 Å². The lowest BCUT2D eigenvalue weighted by Gasteiger charge is -2.12. The second-order valence-corrected chi connectivity index (χ2v) is 6.09. The van der Waals surface area contributed by atoms with Gasteiger partial charge in [0.1, 0.15) is 5.71 Å². The molecule has 0 spiro atoms. The molecule has 3 rings (SSSR count). The molecule has 0 unspecified atom stereocenters. The molecular weight excluding hydrogens is 340 g/mol. The molecule has 0 bridgehead atoms. The second-order valence-electron chi connectivity index (χ2n) is 6.09. The number of rotatable bonds is 4. The Hall–Kier alpha value is -3.22. The Balaban J connectivity index is 2.30. The average Bonchev–Trinajstić information content (AvgIpc) is 2.90. The van der Waals surface area contributed by atoms with E-state index in [-0.39, 0.29) is 17.4 Å². The SMILES string of the molecule is CC(=O)c1ccc2[nH]c(O)c(/C(=N/N(C)C)c3ccc(F)c(F)c3)c2c1. The third kappa shape index (κ3) is 3.15. The number of aromatic hydroxyl groups is 1. The predicted octanol–water partition coefficient (Wildman–Crippen LogP) is 3.67. The molecule has 2 N–H and O–H groups in total. The van der Waals surface area contributed by atoms with Gasteiger partial charge in [0, 0.05) is 36.1 Å². The van der Waals surface area contributed by atoms with Crippen molar-refractivity contribution in [2.45, 2.75) is 6.92 Å². The van der Waals surface area contributed by atoms with E-state index in [1.807, 2.05) is 0 Å². The lowest BCUT2D eigenvalue weighted by molar-refractivity contribution is 0.101. The van der Waals surface area contributed by atoms with Crippen LogP contribution in [0, 0.1) is 11.6 Å². The zero-order valence-electron chi connectivity index (χ0n) is 14.5. The van der Waals surface area contributed by atoms with Crippen LogP contribution in [0.1, 0.15) is 28.4 Å². The van der Waals surface area contributed by atoms with Crippen molar-refractivity contribution in [3.05, 3.63) is 64.7 Å². The Morgan fingerprint density at radius 1 is 1.08 bits per heavy atom. The van der Waals surface area contributed by atoms with Gasteiger partial charge in [0.25, 0.3) is 0 Å². The maximum atomic E-state index is 13.7. The molecule has 26 heavy (non-hydrogen) atoms. The van der Waals surface area contributed by atoms with Crippen LogP contribution in [0.4, 0.5) is 8.78 Å². The first-order valence-electron chi connectivity index (χ1n) is 7.85. The topological polar surface area (TPSA) is 68.7 Å². The van der Waals surface area contributed by atoms with Crippen LogP contribution >= 0.6 is 0 Å². The molecular formula is C19H17F2N3O2. The maximum Gasteiger partial charge on any atom is 0.199 e. The number of carbonyl (C=O) groups excluding carboxylic acids is 1. The minimum atomic E-state index is -1.02. The van der Waals surface area contributed by atoms with Crippen LogP contribution in [0.25, 0.3) is 10.9 Å². The summed E-state index contributed by atoms with van der Waals surface area (Å²) in [7, 11) is 3.35. The Bertz CT molecular complexity index is 1040. The number of H-pyrrole nitrogens is 1. The van der Waals surface area contributed by atoms with E-state index in [0.717, 1.165) is 12.1 Å². The smallest absolute Gasteiger partial charge is 0.199 e. The summed E-state index contributed by atoms with van der Waals surface area (Å²) >= 11 is 0. The number of hydrazone groups is 1. The van der Waals surface area contributed by atoms with Gasteiger partial charge in [-0.2, -0.15) is 5.10 Å². The zero-order valence-corrected chi connectivity index (χ0v) is 14.5. The van der Waals surface area contributed by atoms with Crippen molar-refractivity contribution >= 4 is 22.4 Å². The van der Waals surface area contributed by atoms with Crippen molar-refractivity contribution in [2.24, 2.45) is 5.10 Å². The summed E-state index contributed by atoms with van der Waals surface area (Å²) < 4.78 is 27.1. The van der Waals surface area contributed by atoms with Gasteiger partial charge >= 0.3 is 0 Å². The molecule has 0 radical (unpaired) electrons. The fourth-order valence-corrected chi connectivity index (χ4v) is 2.73. The van der Waals surface area contributed by atoms with Gasteiger partial charge in [-0.3, -0.25) is 4.79 Å². The number of nitrogens with zero attached hydrogens (tertiary/aromatic N) is 2. The van der Waals surface area contributed by atoms with Crippen molar-refractivity contribution < 1.29 is 18.7 Å². The minimum absolute atomic E-state index is 0.127. The first kappa shape index (κ1) is 17.6. The molecule has 7 heteroatoms. The minimum Gasteiger partial charge on any atom is -0.494 e. The van der Waals surface area contributed by atoms with Crippen LogP contribution in [0.15, 0.2) is 41.5 Å². The Kier molecular flexibility index (Phi) is 4.46. The van der Waals surface area contributed by atoms with E-state index < -0.39 is 11.6 Å². The van der Waals surface area contributed by atoms with Gasteiger partial charge in [0.05, 0.1) is 5.56 Å². The summed E-state index contributed by atoms with van der Waals surface area (Å²) in [5, 5.41) is 16.8. The number of benzene rings is 2. The molecule has 1 aromatic heterocycles. The highest BCUT2D eigenvalue weighted by Gasteiger charge is 2.21. The van der Waals surface area contributed by atoms with Gasteiger partial charge in [-0.15, -0.1) is 0 Å². The number of hydrogen-bond acceptors (Lipinski definition) is 4. The molecule has 0 fully saturated rings. The van der Waals surface area contributed by atoms with E-state index in [2.05, 4.69) is 10.1 Å². The number of aromatic nitrogens is 1. The fraction of sp³-hybridized carbons (Fsp3) is 0.158. The number of aromatic amines is 1. The molecule has 0 saturated carbocycles. The number of halogens is 2. The van der Waals surface area contributed by atoms with Gasteiger partial charge in [-0.1, -0.05) is 0 Å². The molecule has 0 saturated heterocycles. The molecule has 0 aliphatic rings. The normalized spacial score (nSPS) is 11.8. The molecule has 1 heterocycles. The third-order valence-corrected chi connectivity index (χ3v) is 3.92. The number of fused-ring (bicyclic) bond motifs is 1. The summed E-state index contributed by atoms with van der Waals surface area (Å²) in [6.45, 7) is 1.44. The Morgan fingerprint density at radius 2 is 1.77 bits per heavy atom. The van der Waals surface area contributed by atoms with E-state index in [9.17, 15) is 18.7 Å². The van der Waals surface area contributed by atoms with Crippen molar-refractivity contribution in [1.82, 2.24) is 9.99 Å². The van der Waals surface area contributed by atoms with Gasteiger partial charge in [-0.05, 0) is 43.3 Å². The maximum absolute atomic E-state index is 13.7. The van der Waals surface area contributed by atoms with Crippen LogP contribution < -0.4 is 0 Å². The first-order chi connectivity index (χ1) is 12.3. The quantitative estimate of drug-likeness (QED) is 0.425. The van der Waals surface area contributed by atoms with E-state index in [1.54, 1.807) is 32.3 Å². The highest BCUT2D eigenvalue weighted by atomic mass is 19.2. The predicted molar refractivity (Wildman–Crippen MR) is 95.7 cm³/mol. The molecule has 3 aromatic rings. The van der Waals surface area contributed by atoms with Crippen LogP contribution in [0.5, 0.6) is 5.88 Å². The van der Waals surface area contributed by atoms with Crippen molar-refractivity contribution in [3.63, 3.8) is 0 Å².